The highest BCUT2D eigenvalue weighted by molar-refractivity contribution is 6.17. The molecule has 0 aromatic heterocycles. The first-order chi connectivity index (χ1) is 8.80. The van der Waals surface area contributed by atoms with Gasteiger partial charge in [0.15, 0.2) is 0 Å². The Labute approximate surface area is 115 Å². The van der Waals surface area contributed by atoms with Crippen LogP contribution in [-0.4, -0.2) is 13.2 Å². The first-order valence-electron chi connectivity index (χ1n) is 6.75. The fourth-order valence-electron chi connectivity index (χ4n) is 1.54. The van der Waals surface area contributed by atoms with Crippen LogP contribution in [0.5, 0.6) is 11.5 Å². The standard InChI is InChI=1S/C15H23ClO2/c1-3-5-7-17-14-9-13(12-16)10-15(11-14)18-8-6-4-2/h9-11H,3-8,12H2,1-2H3. The Bertz CT molecular complexity index is 311. The molecule has 0 unspecified atom stereocenters. The van der Waals surface area contributed by atoms with Crippen molar-refractivity contribution in [2.75, 3.05) is 13.2 Å². The highest BCUT2D eigenvalue weighted by Crippen LogP contribution is 2.24. The van der Waals surface area contributed by atoms with Crippen molar-refractivity contribution in [3.8, 4) is 11.5 Å². The summed E-state index contributed by atoms with van der Waals surface area (Å²) in [4.78, 5) is 0. The second kappa shape index (κ2) is 9.09. The van der Waals surface area contributed by atoms with Crippen LogP contribution in [0.1, 0.15) is 45.1 Å². The maximum atomic E-state index is 5.88. The van der Waals surface area contributed by atoms with Gasteiger partial charge in [-0.15, -0.1) is 11.6 Å². The van der Waals surface area contributed by atoms with Gasteiger partial charge in [-0.1, -0.05) is 26.7 Å². The van der Waals surface area contributed by atoms with Crippen LogP contribution in [-0.2, 0) is 5.88 Å². The van der Waals surface area contributed by atoms with Crippen molar-refractivity contribution >= 4 is 11.6 Å². The van der Waals surface area contributed by atoms with Crippen molar-refractivity contribution in [3.05, 3.63) is 23.8 Å². The molecule has 18 heavy (non-hydrogen) atoms. The Kier molecular flexibility index (Phi) is 7.66. The molecule has 0 fully saturated rings. The molecule has 0 saturated carbocycles. The summed E-state index contributed by atoms with van der Waals surface area (Å²) < 4.78 is 11.4. The van der Waals surface area contributed by atoms with Crippen LogP contribution in [0.25, 0.3) is 0 Å². The van der Waals surface area contributed by atoms with E-state index in [4.69, 9.17) is 21.1 Å². The lowest BCUT2D eigenvalue weighted by Gasteiger charge is -2.11. The fraction of sp³-hybridized carbons (Fsp3) is 0.600. The SMILES string of the molecule is CCCCOc1cc(CCl)cc(OCCCC)c1. The molecule has 0 N–H and O–H groups in total. The number of hydrogen-bond acceptors (Lipinski definition) is 2. The minimum absolute atomic E-state index is 0.481. The Hall–Kier alpha value is -0.890. The minimum atomic E-state index is 0.481. The van der Waals surface area contributed by atoms with Gasteiger partial charge in [-0.25, -0.2) is 0 Å². The molecule has 0 aliphatic carbocycles. The van der Waals surface area contributed by atoms with Gasteiger partial charge in [0.1, 0.15) is 11.5 Å². The highest BCUT2D eigenvalue weighted by atomic mass is 35.5. The molecule has 1 aromatic carbocycles. The lowest BCUT2D eigenvalue weighted by atomic mass is 10.2. The number of ether oxygens (including phenoxy) is 2. The lowest BCUT2D eigenvalue weighted by Crippen LogP contribution is -2.00. The van der Waals surface area contributed by atoms with Crippen LogP contribution in [0.4, 0.5) is 0 Å². The smallest absolute Gasteiger partial charge is 0.123 e. The van der Waals surface area contributed by atoms with Gasteiger partial charge in [-0.2, -0.15) is 0 Å². The number of unbranched alkanes of at least 4 members (excludes halogenated alkanes) is 2. The minimum Gasteiger partial charge on any atom is -0.493 e. The zero-order valence-corrected chi connectivity index (χ0v) is 12.1. The maximum absolute atomic E-state index is 5.88. The molecule has 1 aromatic rings. The summed E-state index contributed by atoms with van der Waals surface area (Å²) in [5.74, 6) is 2.19. The van der Waals surface area contributed by atoms with Crippen molar-refractivity contribution in [2.45, 2.75) is 45.4 Å². The highest BCUT2D eigenvalue weighted by Gasteiger charge is 2.03. The van der Waals surface area contributed by atoms with Crippen molar-refractivity contribution in [1.82, 2.24) is 0 Å². The number of hydrogen-bond donors (Lipinski definition) is 0. The van der Waals surface area contributed by atoms with Crippen LogP contribution in [0.3, 0.4) is 0 Å². The third-order valence-electron chi connectivity index (χ3n) is 2.63. The van der Waals surface area contributed by atoms with E-state index in [1.54, 1.807) is 0 Å². The van der Waals surface area contributed by atoms with Crippen molar-refractivity contribution in [2.24, 2.45) is 0 Å². The molecule has 0 bridgehead atoms. The average molecular weight is 271 g/mol. The van der Waals surface area contributed by atoms with Gasteiger partial charge in [0.25, 0.3) is 0 Å². The van der Waals surface area contributed by atoms with Crippen LogP contribution < -0.4 is 9.47 Å². The number of alkyl halides is 1. The predicted octanol–water partition coefficient (Wildman–Crippen LogP) is 4.78. The van der Waals surface area contributed by atoms with Gasteiger partial charge >= 0.3 is 0 Å². The number of rotatable bonds is 9. The third kappa shape index (κ3) is 5.63. The average Bonchev–Trinajstić information content (AvgIpc) is 2.39. The zero-order chi connectivity index (χ0) is 13.2. The van der Waals surface area contributed by atoms with E-state index in [0.717, 1.165) is 56.0 Å². The quantitative estimate of drug-likeness (QED) is 0.475. The molecule has 102 valence electrons. The molecule has 3 heteroatoms. The van der Waals surface area contributed by atoms with E-state index in [-0.39, 0.29) is 0 Å². The molecule has 0 radical (unpaired) electrons. The van der Waals surface area contributed by atoms with Crippen LogP contribution in [0.2, 0.25) is 0 Å². The lowest BCUT2D eigenvalue weighted by molar-refractivity contribution is 0.294. The van der Waals surface area contributed by atoms with Gasteiger partial charge in [-0.05, 0) is 30.5 Å². The topological polar surface area (TPSA) is 18.5 Å². The van der Waals surface area contributed by atoms with Crippen molar-refractivity contribution in [1.29, 1.82) is 0 Å². The summed E-state index contributed by atoms with van der Waals surface area (Å²) in [5, 5.41) is 0. The second-order valence-corrected chi connectivity index (χ2v) is 4.62. The van der Waals surface area contributed by atoms with Crippen LogP contribution in [0.15, 0.2) is 18.2 Å². The van der Waals surface area contributed by atoms with Gasteiger partial charge in [0, 0.05) is 11.9 Å². The van der Waals surface area contributed by atoms with Crippen LogP contribution in [0, 0.1) is 0 Å². The van der Waals surface area contributed by atoms with Crippen LogP contribution >= 0.6 is 11.6 Å². The largest absolute Gasteiger partial charge is 0.493 e. The molecule has 0 aliphatic heterocycles. The summed E-state index contributed by atoms with van der Waals surface area (Å²) in [5.41, 5.74) is 1.04. The van der Waals surface area contributed by atoms with E-state index in [9.17, 15) is 0 Å². The number of benzene rings is 1. The maximum Gasteiger partial charge on any atom is 0.123 e. The van der Waals surface area contributed by atoms with E-state index in [2.05, 4.69) is 13.8 Å². The van der Waals surface area contributed by atoms with Crippen molar-refractivity contribution in [3.63, 3.8) is 0 Å². The monoisotopic (exact) mass is 270 g/mol. The Balaban J connectivity index is 2.62. The Morgan fingerprint density at radius 1 is 0.889 bits per heavy atom. The van der Waals surface area contributed by atoms with Gasteiger partial charge in [0.2, 0.25) is 0 Å². The van der Waals surface area contributed by atoms with Gasteiger partial charge < -0.3 is 9.47 Å². The molecule has 2 nitrogen and oxygen atoms in total. The molecule has 0 heterocycles. The summed E-state index contributed by atoms with van der Waals surface area (Å²) in [7, 11) is 0. The molecular formula is C15H23ClO2. The molecule has 0 spiro atoms. The summed E-state index contributed by atoms with van der Waals surface area (Å²) in [6.45, 7) is 5.79. The van der Waals surface area contributed by atoms with Gasteiger partial charge in [0.05, 0.1) is 13.2 Å². The Morgan fingerprint density at radius 3 is 1.78 bits per heavy atom. The third-order valence-corrected chi connectivity index (χ3v) is 2.94. The fourth-order valence-corrected chi connectivity index (χ4v) is 1.70. The van der Waals surface area contributed by atoms with Gasteiger partial charge in [-0.3, -0.25) is 0 Å². The van der Waals surface area contributed by atoms with E-state index in [0.29, 0.717) is 5.88 Å². The molecule has 0 aliphatic rings. The first kappa shape index (κ1) is 15.2. The van der Waals surface area contributed by atoms with Crippen molar-refractivity contribution < 1.29 is 9.47 Å². The summed E-state index contributed by atoms with van der Waals surface area (Å²) in [6, 6.07) is 5.91. The molecular weight excluding hydrogens is 248 g/mol. The van der Waals surface area contributed by atoms with E-state index >= 15 is 0 Å². The molecule has 0 amide bonds. The summed E-state index contributed by atoms with van der Waals surface area (Å²) in [6.07, 6.45) is 4.40. The van der Waals surface area contributed by atoms with E-state index in [1.165, 1.54) is 0 Å². The zero-order valence-electron chi connectivity index (χ0n) is 11.4. The summed E-state index contributed by atoms with van der Waals surface area (Å²) >= 11 is 5.88. The van der Waals surface area contributed by atoms with E-state index in [1.807, 2.05) is 18.2 Å². The molecule has 1 rings (SSSR count). The first-order valence-corrected chi connectivity index (χ1v) is 7.29. The number of halogens is 1. The predicted molar refractivity (Wildman–Crippen MR) is 76.8 cm³/mol. The second-order valence-electron chi connectivity index (χ2n) is 4.35. The Morgan fingerprint density at radius 2 is 1.39 bits per heavy atom. The van der Waals surface area contributed by atoms with E-state index < -0.39 is 0 Å². The normalized spacial score (nSPS) is 10.4. The molecule has 0 saturated heterocycles. The molecule has 0 atom stereocenters.